The Morgan fingerprint density at radius 1 is 1.38 bits per heavy atom. The number of hydrogen-bond acceptors (Lipinski definition) is 4. The van der Waals surface area contributed by atoms with E-state index in [9.17, 15) is 9.90 Å². The average Bonchev–Trinajstić information content (AvgIpc) is 2.50. The van der Waals surface area contributed by atoms with E-state index >= 15 is 0 Å². The van der Waals surface area contributed by atoms with Gasteiger partial charge in [-0.3, -0.25) is 9.69 Å². The van der Waals surface area contributed by atoms with E-state index in [0.29, 0.717) is 0 Å². The SMILES string of the molecule is CCN(CC(=O)OC)C1CCCCCC1O. The van der Waals surface area contributed by atoms with Crippen molar-refractivity contribution in [2.45, 2.75) is 51.2 Å². The molecule has 0 radical (unpaired) electrons. The lowest BCUT2D eigenvalue weighted by atomic mass is 10.0. The molecule has 1 fully saturated rings. The van der Waals surface area contributed by atoms with Gasteiger partial charge in [0.25, 0.3) is 0 Å². The second-order valence-electron chi connectivity index (χ2n) is 4.41. The smallest absolute Gasteiger partial charge is 0.319 e. The van der Waals surface area contributed by atoms with Gasteiger partial charge in [-0.25, -0.2) is 0 Å². The Labute approximate surface area is 97.6 Å². The highest BCUT2D eigenvalue weighted by molar-refractivity contribution is 5.71. The number of esters is 1. The highest BCUT2D eigenvalue weighted by Gasteiger charge is 2.27. The Balaban J connectivity index is 2.57. The topological polar surface area (TPSA) is 49.8 Å². The summed E-state index contributed by atoms with van der Waals surface area (Å²) in [5.74, 6) is -0.224. The summed E-state index contributed by atoms with van der Waals surface area (Å²) < 4.78 is 4.68. The van der Waals surface area contributed by atoms with Crippen LogP contribution in [0, 0.1) is 0 Å². The largest absolute Gasteiger partial charge is 0.468 e. The van der Waals surface area contributed by atoms with Gasteiger partial charge in [0.1, 0.15) is 0 Å². The highest BCUT2D eigenvalue weighted by Crippen LogP contribution is 2.22. The van der Waals surface area contributed by atoms with Gasteiger partial charge in [-0.2, -0.15) is 0 Å². The molecule has 1 N–H and O–H groups in total. The first-order chi connectivity index (χ1) is 7.69. The fourth-order valence-corrected chi connectivity index (χ4v) is 2.39. The number of carbonyl (C=O) groups is 1. The van der Waals surface area contributed by atoms with Crippen molar-refractivity contribution < 1.29 is 14.6 Å². The molecule has 0 heterocycles. The Hall–Kier alpha value is -0.610. The molecule has 4 nitrogen and oxygen atoms in total. The van der Waals surface area contributed by atoms with Gasteiger partial charge in [0.2, 0.25) is 0 Å². The lowest BCUT2D eigenvalue weighted by molar-refractivity contribution is -0.143. The molecule has 16 heavy (non-hydrogen) atoms. The van der Waals surface area contributed by atoms with Crippen molar-refractivity contribution in [1.82, 2.24) is 4.90 Å². The number of aliphatic hydroxyl groups is 1. The zero-order valence-corrected chi connectivity index (χ0v) is 10.3. The van der Waals surface area contributed by atoms with E-state index in [0.717, 1.165) is 32.2 Å². The number of rotatable bonds is 4. The summed E-state index contributed by atoms with van der Waals surface area (Å²) in [6.07, 6.45) is 4.94. The quantitative estimate of drug-likeness (QED) is 0.581. The van der Waals surface area contributed by atoms with Crippen LogP contribution in [0.1, 0.15) is 39.0 Å². The van der Waals surface area contributed by atoms with E-state index in [4.69, 9.17) is 0 Å². The average molecular weight is 229 g/mol. The lowest BCUT2D eigenvalue weighted by Gasteiger charge is -2.32. The minimum absolute atomic E-state index is 0.117. The summed E-state index contributed by atoms with van der Waals surface area (Å²) in [5.41, 5.74) is 0. The van der Waals surface area contributed by atoms with Crippen molar-refractivity contribution >= 4 is 5.97 Å². The van der Waals surface area contributed by atoms with Crippen LogP contribution in [0.25, 0.3) is 0 Å². The summed E-state index contributed by atoms with van der Waals surface area (Å²) in [7, 11) is 1.40. The van der Waals surface area contributed by atoms with Crippen LogP contribution in [-0.4, -0.2) is 48.3 Å². The number of likely N-dealkylation sites (N-methyl/N-ethyl adjacent to an activating group) is 1. The van der Waals surface area contributed by atoms with Crippen molar-refractivity contribution in [3.05, 3.63) is 0 Å². The molecule has 0 spiro atoms. The molecule has 0 aliphatic heterocycles. The number of ether oxygens (including phenoxy) is 1. The second kappa shape index (κ2) is 6.86. The van der Waals surface area contributed by atoms with E-state index in [-0.39, 0.29) is 24.7 Å². The van der Waals surface area contributed by atoms with Gasteiger partial charge in [0.15, 0.2) is 0 Å². The molecule has 2 unspecified atom stereocenters. The molecule has 0 saturated heterocycles. The van der Waals surface area contributed by atoms with E-state index in [1.807, 2.05) is 11.8 Å². The zero-order chi connectivity index (χ0) is 12.0. The molecular weight excluding hydrogens is 206 g/mol. The minimum Gasteiger partial charge on any atom is -0.468 e. The molecule has 94 valence electrons. The van der Waals surface area contributed by atoms with E-state index in [1.165, 1.54) is 13.5 Å². The summed E-state index contributed by atoms with van der Waals surface area (Å²) >= 11 is 0. The molecule has 1 aliphatic carbocycles. The lowest BCUT2D eigenvalue weighted by Crippen LogP contribution is -2.45. The van der Waals surface area contributed by atoms with Crippen molar-refractivity contribution in [2.75, 3.05) is 20.2 Å². The molecule has 0 aromatic rings. The molecule has 1 aliphatic rings. The summed E-state index contributed by atoms with van der Waals surface area (Å²) in [4.78, 5) is 13.3. The van der Waals surface area contributed by atoms with Crippen molar-refractivity contribution in [3.63, 3.8) is 0 Å². The molecule has 0 aromatic heterocycles. The van der Waals surface area contributed by atoms with Crippen LogP contribution in [0.2, 0.25) is 0 Å². The van der Waals surface area contributed by atoms with E-state index in [2.05, 4.69) is 4.74 Å². The Kier molecular flexibility index (Phi) is 5.77. The molecule has 0 amide bonds. The van der Waals surface area contributed by atoms with Gasteiger partial charge in [0.05, 0.1) is 19.8 Å². The van der Waals surface area contributed by atoms with Crippen LogP contribution < -0.4 is 0 Å². The van der Waals surface area contributed by atoms with Crippen LogP contribution in [0.4, 0.5) is 0 Å². The fourth-order valence-electron chi connectivity index (χ4n) is 2.39. The summed E-state index contributed by atoms with van der Waals surface area (Å²) in [5, 5.41) is 10.0. The maximum absolute atomic E-state index is 11.3. The zero-order valence-electron chi connectivity index (χ0n) is 10.3. The van der Waals surface area contributed by atoms with Gasteiger partial charge in [0, 0.05) is 6.04 Å². The molecule has 0 bridgehead atoms. The van der Waals surface area contributed by atoms with Crippen molar-refractivity contribution in [3.8, 4) is 0 Å². The normalized spacial score (nSPS) is 26.5. The first-order valence-corrected chi connectivity index (χ1v) is 6.18. The van der Waals surface area contributed by atoms with Crippen molar-refractivity contribution in [2.24, 2.45) is 0 Å². The van der Waals surface area contributed by atoms with Gasteiger partial charge in [-0.05, 0) is 19.4 Å². The molecule has 2 atom stereocenters. The third kappa shape index (κ3) is 3.76. The number of carbonyl (C=O) groups excluding carboxylic acids is 1. The van der Waals surface area contributed by atoms with Gasteiger partial charge >= 0.3 is 5.97 Å². The van der Waals surface area contributed by atoms with Gasteiger partial charge < -0.3 is 9.84 Å². The van der Waals surface area contributed by atoms with Crippen LogP contribution in [-0.2, 0) is 9.53 Å². The predicted octanol–water partition coefficient (Wildman–Crippen LogP) is 1.17. The maximum atomic E-state index is 11.3. The third-order valence-electron chi connectivity index (χ3n) is 3.38. The first-order valence-electron chi connectivity index (χ1n) is 6.18. The molecular formula is C12H23NO3. The summed E-state index contributed by atoms with van der Waals surface area (Å²) in [6, 6.07) is 0.117. The summed E-state index contributed by atoms with van der Waals surface area (Å²) in [6.45, 7) is 3.08. The van der Waals surface area contributed by atoms with Gasteiger partial charge in [-0.1, -0.05) is 26.2 Å². The van der Waals surface area contributed by atoms with Crippen LogP contribution in [0.5, 0.6) is 0 Å². The Morgan fingerprint density at radius 2 is 2.06 bits per heavy atom. The first kappa shape index (κ1) is 13.5. The van der Waals surface area contributed by atoms with Crippen LogP contribution in [0.15, 0.2) is 0 Å². The molecule has 1 rings (SSSR count). The third-order valence-corrected chi connectivity index (χ3v) is 3.38. The van der Waals surface area contributed by atoms with Crippen LogP contribution in [0.3, 0.4) is 0 Å². The Morgan fingerprint density at radius 3 is 2.69 bits per heavy atom. The highest BCUT2D eigenvalue weighted by atomic mass is 16.5. The van der Waals surface area contributed by atoms with E-state index < -0.39 is 0 Å². The van der Waals surface area contributed by atoms with E-state index in [1.54, 1.807) is 0 Å². The number of methoxy groups -OCH3 is 1. The maximum Gasteiger partial charge on any atom is 0.319 e. The number of hydrogen-bond donors (Lipinski definition) is 1. The minimum atomic E-state index is -0.299. The van der Waals surface area contributed by atoms with Crippen LogP contribution >= 0.6 is 0 Å². The second-order valence-corrected chi connectivity index (χ2v) is 4.41. The number of aliphatic hydroxyl groups excluding tert-OH is 1. The standard InChI is InChI=1S/C12H23NO3/c1-3-13(9-12(15)16-2)10-7-5-4-6-8-11(10)14/h10-11,14H,3-9H2,1-2H3. The monoisotopic (exact) mass is 229 g/mol. The van der Waals surface area contributed by atoms with Gasteiger partial charge in [-0.15, -0.1) is 0 Å². The van der Waals surface area contributed by atoms with Crippen molar-refractivity contribution in [1.29, 1.82) is 0 Å². The number of nitrogens with zero attached hydrogens (tertiary/aromatic N) is 1. The molecule has 1 saturated carbocycles. The predicted molar refractivity (Wildman–Crippen MR) is 62.1 cm³/mol. The molecule has 0 aromatic carbocycles. The fraction of sp³-hybridized carbons (Fsp3) is 0.917. The Bertz CT molecular complexity index is 220. The molecule has 4 heteroatoms.